The summed E-state index contributed by atoms with van der Waals surface area (Å²) in [7, 11) is 5.92. The molecule has 0 amide bonds. The first kappa shape index (κ1) is 89.4. The lowest BCUT2D eigenvalue weighted by Gasteiger charge is -2.26. The van der Waals surface area contributed by atoms with E-state index in [2.05, 4.69) is 196 Å². The zero-order valence-corrected chi connectivity index (χ0v) is 61.2. The first-order chi connectivity index (χ1) is 46.6. The van der Waals surface area contributed by atoms with Crippen molar-refractivity contribution in [1.82, 2.24) is 0 Å². The number of ether oxygens (including phenoxy) is 4. The lowest BCUT2D eigenvalue weighted by Crippen LogP contribution is -2.44. The summed E-state index contributed by atoms with van der Waals surface area (Å²) in [5.74, 6) is -2.30. The second-order valence-electron chi connectivity index (χ2n) is 25.8. The molecule has 9 nitrogen and oxygen atoms in total. The second-order valence-corrected chi connectivity index (χ2v) is 25.8. The van der Waals surface area contributed by atoms with Crippen LogP contribution in [0.2, 0.25) is 0 Å². The van der Waals surface area contributed by atoms with E-state index in [1.807, 2.05) is 21.1 Å². The van der Waals surface area contributed by atoms with E-state index in [1.54, 1.807) is 0 Å². The Kier molecular flexibility index (Phi) is 69.8. The molecule has 0 heterocycles. The Balaban J connectivity index is 4.14. The molecule has 0 aliphatic rings. The van der Waals surface area contributed by atoms with Gasteiger partial charge in [-0.05, 0) is 135 Å². The molecular weight excluding hydrogens is 1170 g/mol. The van der Waals surface area contributed by atoms with Gasteiger partial charge in [0, 0.05) is 12.8 Å². The van der Waals surface area contributed by atoms with Crippen LogP contribution in [-0.2, 0) is 33.3 Å². The standard InChI is InChI=1S/C86H139NO8/c1-6-8-10-12-14-16-18-20-22-24-26-28-30-32-34-36-38-39-40-41-42-43-44-45-47-49-51-53-55-57-59-61-63-65-67-69-71-73-75-77-84(89)95-82(81-94-86(85(90)91)92-79-78-87(3,4)5)80-93-83(88)76-74-72-70-68-66-64-62-60-58-56-54-52-50-48-46-37-35-33-31-29-27-25-23-21-19-17-15-13-11-9-7-2/h8-11,14-17,20-23,26-29,32-35,38-39,41-42,44-46,48,52,54,82,86H,6-7,12-13,18-19,24-25,30-31,36-37,40,43,47,49-51,53,55-81H2,1-5H3/b10-8-,11-9-,16-14-,17-15-,22-20-,23-21-,28-26-,29-27-,34-32-,35-33-,39-38-,42-41-,45-44-,48-46-,54-52-. The highest BCUT2D eigenvalue weighted by Gasteiger charge is 2.22. The molecule has 0 N–H and O–H groups in total. The van der Waals surface area contributed by atoms with Crippen LogP contribution in [0, 0.1) is 0 Å². The van der Waals surface area contributed by atoms with Crippen LogP contribution in [0.4, 0.5) is 0 Å². The number of hydrogen-bond acceptors (Lipinski definition) is 8. The van der Waals surface area contributed by atoms with Crippen LogP contribution in [0.1, 0.15) is 284 Å². The molecule has 0 aliphatic heterocycles. The Morgan fingerprint density at radius 3 is 0.842 bits per heavy atom. The highest BCUT2D eigenvalue weighted by atomic mass is 16.7. The normalized spacial score (nSPS) is 13.7. The maximum atomic E-state index is 13.0. The van der Waals surface area contributed by atoms with E-state index in [-0.39, 0.29) is 38.6 Å². The van der Waals surface area contributed by atoms with Crippen LogP contribution < -0.4 is 5.11 Å². The molecule has 9 heteroatoms. The molecular formula is C86H139NO8. The number of hydrogen-bond donors (Lipinski definition) is 0. The Morgan fingerprint density at radius 1 is 0.316 bits per heavy atom. The molecule has 0 saturated carbocycles. The Morgan fingerprint density at radius 2 is 0.568 bits per heavy atom. The van der Waals surface area contributed by atoms with Gasteiger partial charge in [-0.25, -0.2) is 0 Å². The number of aliphatic carboxylic acids is 1. The van der Waals surface area contributed by atoms with Gasteiger partial charge in [-0.3, -0.25) is 9.59 Å². The van der Waals surface area contributed by atoms with Crippen molar-refractivity contribution in [2.24, 2.45) is 0 Å². The Bertz CT molecular complexity index is 2220. The molecule has 0 aromatic heterocycles. The average Bonchev–Trinajstić information content (AvgIpc) is 2.92. The van der Waals surface area contributed by atoms with Crippen molar-refractivity contribution in [3.8, 4) is 0 Å². The summed E-state index contributed by atoms with van der Waals surface area (Å²) in [5, 5.41) is 11.9. The van der Waals surface area contributed by atoms with Gasteiger partial charge in [-0.15, -0.1) is 0 Å². The van der Waals surface area contributed by atoms with Gasteiger partial charge in [0.2, 0.25) is 0 Å². The zero-order chi connectivity index (χ0) is 69.0. The van der Waals surface area contributed by atoms with Crippen molar-refractivity contribution in [3.63, 3.8) is 0 Å². The SMILES string of the molecule is CC/C=C\C/C=C\C/C=C\C/C=C\C/C=C\C/C=C\C/C=C\C/C=C\CCCCCCCCCCCCCCCCC(=O)OC(COC(=O)CCCCCCCCCCC/C=C\C/C=C\C/C=C\C/C=C\C/C=C\C/C=C\C/C=C\CC)COC(OCC[N+](C)(C)C)C(=O)[O-]. The summed E-state index contributed by atoms with van der Waals surface area (Å²) in [6, 6.07) is 0. The molecule has 0 radical (unpaired) electrons. The molecule has 2 unspecified atom stereocenters. The van der Waals surface area contributed by atoms with E-state index in [4.69, 9.17) is 18.9 Å². The van der Waals surface area contributed by atoms with Crippen molar-refractivity contribution in [2.45, 2.75) is 296 Å². The van der Waals surface area contributed by atoms with Crippen LogP contribution in [-0.4, -0.2) is 82.3 Å². The molecule has 536 valence electrons. The zero-order valence-electron chi connectivity index (χ0n) is 61.2. The molecule has 0 fully saturated rings. The fourth-order valence-electron chi connectivity index (χ4n) is 9.95. The van der Waals surface area contributed by atoms with Gasteiger partial charge in [0.05, 0.1) is 40.3 Å². The third-order valence-corrected chi connectivity index (χ3v) is 15.6. The number of rotatable bonds is 68. The topological polar surface area (TPSA) is 111 Å². The Labute approximate surface area is 583 Å². The van der Waals surface area contributed by atoms with E-state index >= 15 is 0 Å². The summed E-state index contributed by atoms with van der Waals surface area (Å²) in [6.45, 7) is 4.51. The number of carboxylic acid groups (broad SMARTS) is 1. The van der Waals surface area contributed by atoms with Gasteiger partial charge < -0.3 is 33.3 Å². The molecule has 0 rings (SSSR count). The van der Waals surface area contributed by atoms with Crippen molar-refractivity contribution >= 4 is 17.9 Å². The summed E-state index contributed by atoms with van der Waals surface area (Å²) in [5.41, 5.74) is 0. The number of esters is 2. The monoisotopic (exact) mass is 1310 g/mol. The molecule has 0 aliphatic carbocycles. The maximum Gasteiger partial charge on any atom is 0.306 e. The van der Waals surface area contributed by atoms with Gasteiger partial charge in [-0.1, -0.05) is 318 Å². The lowest BCUT2D eigenvalue weighted by molar-refractivity contribution is -0.870. The minimum absolute atomic E-state index is 0.138. The van der Waals surface area contributed by atoms with Crippen molar-refractivity contribution in [3.05, 3.63) is 182 Å². The minimum atomic E-state index is -1.63. The van der Waals surface area contributed by atoms with Crippen LogP contribution >= 0.6 is 0 Å². The molecule has 0 saturated heterocycles. The number of allylic oxidation sites excluding steroid dienone is 30. The van der Waals surface area contributed by atoms with Crippen LogP contribution in [0.5, 0.6) is 0 Å². The predicted octanol–water partition coefficient (Wildman–Crippen LogP) is 23.0. The third-order valence-electron chi connectivity index (χ3n) is 15.6. The average molecular weight is 1320 g/mol. The van der Waals surface area contributed by atoms with Gasteiger partial charge in [-0.2, -0.15) is 0 Å². The fourth-order valence-corrected chi connectivity index (χ4v) is 9.95. The van der Waals surface area contributed by atoms with Gasteiger partial charge >= 0.3 is 11.9 Å². The molecule has 95 heavy (non-hydrogen) atoms. The summed E-state index contributed by atoms with van der Waals surface area (Å²) < 4.78 is 22.8. The maximum absolute atomic E-state index is 13.0. The van der Waals surface area contributed by atoms with E-state index in [9.17, 15) is 19.5 Å². The molecule has 0 aromatic carbocycles. The van der Waals surface area contributed by atoms with Crippen molar-refractivity contribution < 1.29 is 42.9 Å². The van der Waals surface area contributed by atoms with E-state index < -0.39 is 24.3 Å². The highest BCUT2D eigenvalue weighted by molar-refractivity contribution is 5.70. The number of nitrogens with zero attached hydrogens (tertiary/aromatic N) is 1. The van der Waals surface area contributed by atoms with Crippen LogP contribution in [0.3, 0.4) is 0 Å². The lowest BCUT2D eigenvalue weighted by atomic mass is 10.0. The molecule has 0 spiro atoms. The molecule has 0 bridgehead atoms. The van der Waals surface area contributed by atoms with Gasteiger partial charge in [0.15, 0.2) is 12.4 Å². The highest BCUT2D eigenvalue weighted by Crippen LogP contribution is 2.17. The van der Waals surface area contributed by atoms with E-state index in [1.165, 1.54) is 103 Å². The van der Waals surface area contributed by atoms with E-state index in [0.717, 1.165) is 148 Å². The minimum Gasteiger partial charge on any atom is -0.545 e. The number of likely N-dealkylation sites (N-methyl/N-ethyl adjacent to an activating group) is 1. The predicted molar refractivity (Wildman–Crippen MR) is 407 cm³/mol. The smallest absolute Gasteiger partial charge is 0.306 e. The number of carbonyl (C=O) groups is 3. The summed E-state index contributed by atoms with van der Waals surface area (Å²) in [4.78, 5) is 37.6. The summed E-state index contributed by atoms with van der Waals surface area (Å²) >= 11 is 0. The van der Waals surface area contributed by atoms with E-state index in [0.29, 0.717) is 17.4 Å². The Hall–Kier alpha value is -5.61. The van der Waals surface area contributed by atoms with Crippen LogP contribution in [0.15, 0.2) is 182 Å². The number of carbonyl (C=O) groups excluding carboxylic acids is 3. The second kappa shape index (κ2) is 74.2. The van der Waals surface area contributed by atoms with Crippen LogP contribution in [0.25, 0.3) is 0 Å². The van der Waals surface area contributed by atoms with Crippen molar-refractivity contribution in [2.75, 3.05) is 47.5 Å². The first-order valence-electron chi connectivity index (χ1n) is 37.9. The third kappa shape index (κ3) is 75.6. The van der Waals surface area contributed by atoms with Gasteiger partial charge in [0.1, 0.15) is 13.2 Å². The quantitative estimate of drug-likeness (QED) is 0.0195. The molecule has 0 aromatic rings. The number of carboxylic acids is 1. The largest absolute Gasteiger partial charge is 0.545 e. The summed E-state index contributed by atoms with van der Waals surface area (Å²) in [6.07, 6.45) is 110. The first-order valence-corrected chi connectivity index (χ1v) is 37.9. The molecule has 2 atom stereocenters. The van der Waals surface area contributed by atoms with Crippen molar-refractivity contribution in [1.29, 1.82) is 0 Å². The number of unbranched alkanes of at least 4 members (excludes halogenated alkanes) is 23. The van der Waals surface area contributed by atoms with Gasteiger partial charge in [0.25, 0.3) is 0 Å². The number of quaternary nitrogens is 1. The fraction of sp³-hybridized carbons (Fsp3) is 0.616.